The van der Waals surface area contributed by atoms with Crippen molar-refractivity contribution >= 4 is 33.6 Å². The van der Waals surface area contributed by atoms with Crippen LogP contribution in [0.3, 0.4) is 0 Å². The minimum atomic E-state index is -3.93. The van der Waals surface area contributed by atoms with Gasteiger partial charge in [0.25, 0.3) is 5.69 Å². The number of alkyl carbamates (subject to hydrolysis) is 1. The minimum absolute atomic E-state index is 0.0585. The van der Waals surface area contributed by atoms with Gasteiger partial charge in [-0.15, -0.1) is 0 Å². The number of ether oxygens (including phenoxy) is 2. The molecule has 0 spiro atoms. The number of carboxylic acid groups (broad SMARTS) is 1. The van der Waals surface area contributed by atoms with Crippen LogP contribution in [-0.4, -0.2) is 92.2 Å². The van der Waals surface area contributed by atoms with E-state index in [2.05, 4.69) is 10.6 Å². The van der Waals surface area contributed by atoms with E-state index >= 15 is 0 Å². The smallest absolute Gasteiger partial charge is 0.407 e. The summed E-state index contributed by atoms with van der Waals surface area (Å²) in [4.78, 5) is 48.2. The van der Waals surface area contributed by atoms with Crippen molar-refractivity contribution in [1.82, 2.24) is 15.5 Å². The lowest BCUT2D eigenvalue weighted by molar-refractivity contribution is -0.384. The monoisotopic (exact) mass is 682 g/mol. The van der Waals surface area contributed by atoms with Crippen molar-refractivity contribution in [2.24, 2.45) is 0 Å². The summed E-state index contributed by atoms with van der Waals surface area (Å²) in [6.07, 6.45) is -1.77. The van der Waals surface area contributed by atoms with Crippen molar-refractivity contribution in [3.8, 4) is 11.1 Å². The fraction of sp³-hybridized carbons (Fsp3) is 0.364. The Morgan fingerprint density at radius 1 is 1.00 bits per heavy atom. The highest BCUT2D eigenvalue weighted by Gasteiger charge is 2.34. The predicted molar refractivity (Wildman–Crippen MR) is 175 cm³/mol. The summed E-state index contributed by atoms with van der Waals surface area (Å²) in [5.74, 6) is -0.891. The Kier molecular flexibility index (Phi) is 12.5. The number of nitro groups is 1. The van der Waals surface area contributed by atoms with Gasteiger partial charge in [-0.25, -0.2) is 18.0 Å². The number of hydrogen-bond acceptors (Lipinski definition) is 9. The molecule has 14 nitrogen and oxygen atoms in total. The van der Waals surface area contributed by atoms with Crippen molar-refractivity contribution in [3.63, 3.8) is 0 Å². The molecule has 1 fully saturated rings. The van der Waals surface area contributed by atoms with Crippen LogP contribution in [0.1, 0.15) is 24.8 Å². The van der Waals surface area contributed by atoms with E-state index in [9.17, 15) is 38.0 Å². The van der Waals surface area contributed by atoms with Crippen LogP contribution < -0.4 is 10.6 Å². The maximum atomic E-state index is 13.1. The zero-order chi connectivity index (χ0) is 34.7. The van der Waals surface area contributed by atoms with Crippen molar-refractivity contribution in [2.45, 2.75) is 48.8 Å². The summed E-state index contributed by atoms with van der Waals surface area (Å²) < 4.78 is 36.6. The molecule has 0 bridgehead atoms. The van der Waals surface area contributed by atoms with Gasteiger partial charge in [-0.05, 0) is 48.1 Å². The van der Waals surface area contributed by atoms with Crippen LogP contribution in [0.5, 0.6) is 0 Å². The molecule has 0 radical (unpaired) electrons. The van der Waals surface area contributed by atoms with Gasteiger partial charge in [0.2, 0.25) is 5.91 Å². The average Bonchev–Trinajstić information content (AvgIpc) is 3.08. The third-order valence-corrected chi connectivity index (χ3v) is 9.64. The summed E-state index contributed by atoms with van der Waals surface area (Å²) in [7, 11) is -2.71. The van der Waals surface area contributed by atoms with Gasteiger partial charge < -0.3 is 30.1 Å². The number of nitro benzene ring substituents is 1. The summed E-state index contributed by atoms with van der Waals surface area (Å²) in [6.45, 7) is 0.190. The molecule has 0 aliphatic carbocycles. The van der Waals surface area contributed by atoms with Gasteiger partial charge in [-0.1, -0.05) is 54.6 Å². The number of benzene rings is 3. The number of unbranched alkanes of at least 4 members (excludes halogenated alkanes) is 1. The Labute approximate surface area is 278 Å². The maximum absolute atomic E-state index is 13.1. The molecule has 1 saturated heterocycles. The van der Waals surface area contributed by atoms with E-state index in [0.717, 1.165) is 45.9 Å². The Morgan fingerprint density at radius 2 is 1.69 bits per heavy atom. The third-order valence-electron chi connectivity index (χ3n) is 7.84. The average molecular weight is 683 g/mol. The molecule has 1 aliphatic rings. The second kappa shape index (κ2) is 16.7. The molecule has 3 amide bonds. The first-order valence-corrected chi connectivity index (χ1v) is 17.0. The number of morpholine rings is 1. The number of carbonyl (C=O) groups is 3. The Balaban J connectivity index is 1.30. The summed E-state index contributed by atoms with van der Waals surface area (Å²) in [5.41, 5.74) is 2.59. The van der Waals surface area contributed by atoms with Crippen molar-refractivity contribution in [2.75, 3.05) is 32.5 Å². The topological polar surface area (TPSA) is 194 Å². The lowest BCUT2D eigenvalue weighted by Crippen LogP contribution is -2.51. The second-order valence-corrected chi connectivity index (χ2v) is 13.4. The first-order valence-electron chi connectivity index (χ1n) is 15.3. The van der Waals surface area contributed by atoms with Gasteiger partial charge in [0.05, 0.1) is 48.0 Å². The van der Waals surface area contributed by atoms with E-state index in [1.165, 1.54) is 7.11 Å². The highest BCUT2D eigenvalue weighted by molar-refractivity contribution is 7.91. The number of nitrogens with one attached hydrogen (secondary N) is 2. The van der Waals surface area contributed by atoms with Crippen LogP contribution in [0, 0.1) is 10.1 Å². The third kappa shape index (κ3) is 10.2. The molecule has 256 valence electrons. The van der Waals surface area contributed by atoms with Crippen molar-refractivity contribution in [3.05, 3.63) is 94.5 Å². The zero-order valence-corrected chi connectivity index (χ0v) is 27.1. The van der Waals surface area contributed by atoms with Crippen LogP contribution in [0.15, 0.2) is 83.8 Å². The fourth-order valence-corrected chi connectivity index (χ4v) is 6.85. The van der Waals surface area contributed by atoms with Crippen LogP contribution in [0.2, 0.25) is 0 Å². The van der Waals surface area contributed by atoms with Crippen LogP contribution in [0.25, 0.3) is 11.1 Å². The molecule has 1 heterocycles. The second-order valence-electron chi connectivity index (χ2n) is 11.3. The Morgan fingerprint density at radius 3 is 2.35 bits per heavy atom. The Bertz CT molecular complexity index is 1690. The molecular weight excluding hydrogens is 644 g/mol. The first-order chi connectivity index (χ1) is 22.9. The molecule has 3 atom stereocenters. The molecule has 3 N–H and O–H groups in total. The number of carbonyl (C=O) groups excluding carboxylic acids is 2. The number of non-ortho nitro benzene ring substituents is 1. The molecule has 3 aromatic rings. The Hall–Kier alpha value is -5.02. The highest BCUT2D eigenvalue weighted by atomic mass is 32.2. The SMILES string of the molecule is COC(=O)N[C@@H](Cc1cccc(-c2ccccc2)c1)C(=O)NCCCCC1CN(C(=O)O)C[C@@H](CS(=O)(=O)c2ccc([N+](=O)[O-])cc2)O1. The van der Waals surface area contributed by atoms with Crippen molar-refractivity contribution in [1.29, 1.82) is 0 Å². The number of sulfone groups is 1. The number of rotatable bonds is 14. The van der Waals surface area contributed by atoms with Gasteiger partial charge in [0, 0.05) is 25.1 Å². The summed E-state index contributed by atoms with van der Waals surface area (Å²) in [6, 6.07) is 21.0. The number of amides is 3. The standard InChI is InChI=1S/C33H38N4O10S/c1-46-32(39)35-30(19-23-8-7-11-25(18-23)24-9-3-2-4-10-24)31(38)34-17-6-5-12-27-20-36(33(40)41)21-28(47-27)22-48(44,45)29-15-13-26(14-16-29)37(42)43/h2-4,7-11,13-16,18,27-28,30H,5-6,12,17,19-22H2,1H3,(H,34,38)(H,35,39)(H,40,41)/t27?,28-,30-/m0/s1. The molecule has 1 aliphatic heterocycles. The fourth-order valence-electron chi connectivity index (χ4n) is 5.43. The van der Waals surface area contributed by atoms with E-state index in [1.807, 2.05) is 54.6 Å². The van der Waals surface area contributed by atoms with E-state index < -0.39 is 56.9 Å². The maximum Gasteiger partial charge on any atom is 0.407 e. The molecule has 3 aromatic carbocycles. The number of nitrogens with zero attached hydrogens (tertiary/aromatic N) is 2. The van der Waals surface area contributed by atoms with Gasteiger partial charge in [-0.2, -0.15) is 0 Å². The van der Waals surface area contributed by atoms with Gasteiger partial charge in [-0.3, -0.25) is 14.9 Å². The lowest BCUT2D eigenvalue weighted by Gasteiger charge is -2.36. The lowest BCUT2D eigenvalue weighted by atomic mass is 9.99. The van der Waals surface area contributed by atoms with E-state index in [4.69, 9.17) is 9.47 Å². The van der Waals surface area contributed by atoms with Crippen molar-refractivity contribution < 1.29 is 42.3 Å². The van der Waals surface area contributed by atoms with Gasteiger partial charge in [0.15, 0.2) is 9.84 Å². The van der Waals surface area contributed by atoms with E-state index in [-0.39, 0.29) is 36.6 Å². The number of methoxy groups -OCH3 is 1. The van der Waals surface area contributed by atoms with Crippen LogP contribution >= 0.6 is 0 Å². The first kappa shape index (κ1) is 35.8. The van der Waals surface area contributed by atoms with E-state index in [0.29, 0.717) is 19.3 Å². The molecule has 0 aromatic heterocycles. The normalized spacial score (nSPS) is 16.8. The molecule has 4 rings (SSSR count). The zero-order valence-electron chi connectivity index (χ0n) is 26.3. The molecule has 1 unspecified atom stereocenters. The molecule has 0 saturated carbocycles. The number of hydrogen-bond donors (Lipinski definition) is 3. The van der Waals surface area contributed by atoms with Gasteiger partial charge >= 0.3 is 12.2 Å². The highest BCUT2D eigenvalue weighted by Crippen LogP contribution is 2.23. The largest absolute Gasteiger partial charge is 0.465 e. The minimum Gasteiger partial charge on any atom is -0.465 e. The van der Waals surface area contributed by atoms with Gasteiger partial charge in [0.1, 0.15) is 6.04 Å². The molecule has 48 heavy (non-hydrogen) atoms. The quantitative estimate of drug-likeness (QED) is 0.127. The molecular formula is C33H38N4O10S. The predicted octanol–water partition coefficient (Wildman–Crippen LogP) is 4.04. The van der Waals surface area contributed by atoms with E-state index in [1.54, 1.807) is 0 Å². The van der Waals surface area contributed by atoms with Crippen LogP contribution in [-0.2, 0) is 30.5 Å². The summed E-state index contributed by atoms with van der Waals surface area (Å²) >= 11 is 0. The molecule has 15 heteroatoms. The van der Waals surface area contributed by atoms with Crippen LogP contribution in [0.4, 0.5) is 15.3 Å². The summed E-state index contributed by atoms with van der Waals surface area (Å²) in [5, 5.41) is 26.0.